The summed E-state index contributed by atoms with van der Waals surface area (Å²) in [7, 11) is 0. The summed E-state index contributed by atoms with van der Waals surface area (Å²) in [6.07, 6.45) is 0.226. The Morgan fingerprint density at radius 3 is 2.80 bits per heavy atom. The quantitative estimate of drug-likeness (QED) is 0.730. The fraction of sp³-hybridized carbons (Fsp3) is 0.238. The van der Waals surface area contributed by atoms with Crippen molar-refractivity contribution in [3.63, 3.8) is 0 Å². The molecule has 0 bridgehead atoms. The van der Waals surface area contributed by atoms with E-state index in [9.17, 15) is 14.4 Å². The highest BCUT2D eigenvalue weighted by Crippen LogP contribution is 2.34. The summed E-state index contributed by atoms with van der Waals surface area (Å²) >= 11 is 0. The molecule has 30 heavy (non-hydrogen) atoms. The van der Waals surface area contributed by atoms with E-state index in [2.05, 4.69) is 10.6 Å². The van der Waals surface area contributed by atoms with Crippen LogP contribution < -0.4 is 20.1 Å². The van der Waals surface area contributed by atoms with E-state index < -0.39 is 29.9 Å². The van der Waals surface area contributed by atoms with E-state index in [1.165, 1.54) is 0 Å². The van der Waals surface area contributed by atoms with Gasteiger partial charge in [-0.25, -0.2) is 4.79 Å². The molecule has 152 valence electrons. The number of amides is 4. The maximum atomic E-state index is 12.9. The molecule has 2 aromatic carbocycles. The lowest BCUT2D eigenvalue weighted by Gasteiger charge is -2.22. The SMILES string of the molecule is C[C@@]1(Cc2ccc3c(c2)OCO3)NC(=O)N(CC(=O)Nc2ccccc2C#N)C1=O. The zero-order chi connectivity index (χ0) is 21.3. The number of urea groups is 1. The molecule has 0 unspecified atom stereocenters. The standard InChI is InChI=1S/C21H18N4O5/c1-21(9-13-6-7-16-17(8-13)30-12-29-16)19(27)25(20(28)24-21)11-18(26)23-15-5-3-2-4-14(15)10-22/h2-8H,9,11-12H2,1H3,(H,23,26)(H,24,28)/t21-/m0/s1. The van der Waals surface area contributed by atoms with Crippen molar-refractivity contribution < 1.29 is 23.9 Å². The van der Waals surface area contributed by atoms with Gasteiger partial charge in [0.05, 0.1) is 11.3 Å². The predicted octanol–water partition coefficient (Wildman–Crippen LogP) is 1.78. The number of para-hydroxylation sites is 1. The lowest BCUT2D eigenvalue weighted by molar-refractivity contribution is -0.133. The molecule has 0 saturated carbocycles. The van der Waals surface area contributed by atoms with E-state index >= 15 is 0 Å². The van der Waals surface area contributed by atoms with Gasteiger partial charge in [-0.2, -0.15) is 5.26 Å². The predicted molar refractivity (Wildman–Crippen MR) is 105 cm³/mol. The van der Waals surface area contributed by atoms with Gasteiger partial charge in [-0.15, -0.1) is 0 Å². The topological polar surface area (TPSA) is 121 Å². The molecule has 0 aliphatic carbocycles. The van der Waals surface area contributed by atoms with Crippen LogP contribution in [0.5, 0.6) is 11.5 Å². The normalized spacial score (nSPS) is 19.4. The van der Waals surface area contributed by atoms with Crippen molar-refractivity contribution in [2.45, 2.75) is 18.9 Å². The van der Waals surface area contributed by atoms with Crippen molar-refractivity contribution in [2.75, 3.05) is 18.7 Å². The number of nitrogens with zero attached hydrogens (tertiary/aromatic N) is 2. The summed E-state index contributed by atoms with van der Waals surface area (Å²) in [4.78, 5) is 38.6. The number of imide groups is 1. The van der Waals surface area contributed by atoms with Crippen molar-refractivity contribution in [2.24, 2.45) is 0 Å². The molecule has 9 heteroatoms. The first-order chi connectivity index (χ1) is 14.4. The second-order valence-electron chi connectivity index (χ2n) is 7.22. The fourth-order valence-corrected chi connectivity index (χ4v) is 3.49. The Balaban J connectivity index is 1.45. The van der Waals surface area contributed by atoms with Crippen molar-refractivity contribution in [3.05, 3.63) is 53.6 Å². The highest BCUT2D eigenvalue weighted by atomic mass is 16.7. The highest BCUT2D eigenvalue weighted by molar-refractivity contribution is 6.10. The molecule has 2 N–H and O–H groups in total. The van der Waals surface area contributed by atoms with E-state index in [0.717, 1.165) is 10.5 Å². The number of rotatable bonds is 5. The molecule has 4 rings (SSSR count). The summed E-state index contributed by atoms with van der Waals surface area (Å²) in [5.74, 6) is 0.129. The molecule has 2 aliphatic heterocycles. The summed E-state index contributed by atoms with van der Waals surface area (Å²) < 4.78 is 10.6. The largest absolute Gasteiger partial charge is 0.454 e. The molecule has 0 spiro atoms. The first-order valence-corrected chi connectivity index (χ1v) is 9.21. The van der Waals surface area contributed by atoms with E-state index in [0.29, 0.717) is 17.2 Å². The van der Waals surface area contributed by atoms with Crippen LogP contribution in [0.2, 0.25) is 0 Å². The van der Waals surface area contributed by atoms with Gasteiger partial charge in [0.15, 0.2) is 11.5 Å². The van der Waals surface area contributed by atoms with Gasteiger partial charge in [0.2, 0.25) is 12.7 Å². The van der Waals surface area contributed by atoms with E-state index in [1.807, 2.05) is 6.07 Å². The van der Waals surface area contributed by atoms with Crippen LogP contribution in [0.1, 0.15) is 18.1 Å². The number of nitriles is 1. The molecule has 9 nitrogen and oxygen atoms in total. The third-order valence-corrected chi connectivity index (χ3v) is 4.96. The van der Waals surface area contributed by atoms with Crippen LogP contribution in [-0.4, -0.2) is 41.6 Å². The summed E-state index contributed by atoms with van der Waals surface area (Å²) in [5, 5.41) is 14.4. The number of anilines is 1. The third kappa shape index (κ3) is 3.51. The molecule has 1 atom stereocenters. The number of fused-ring (bicyclic) bond motifs is 1. The molecular formula is C21H18N4O5. The van der Waals surface area contributed by atoms with Crippen LogP contribution in [0, 0.1) is 11.3 Å². The van der Waals surface area contributed by atoms with Crippen molar-refractivity contribution in [1.29, 1.82) is 5.26 Å². The molecule has 2 aliphatic rings. The van der Waals surface area contributed by atoms with Crippen molar-refractivity contribution in [1.82, 2.24) is 10.2 Å². The first-order valence-electron chi connectivity index (χ1n) is 9.21. The Hall–Kier alpha value is -4.06. The average molecular weight is 406 g/mol. The van der Waals surface area contributed by atoms with Crippen LogP contribution in [-0.2, 0) is 16.0 Å². The van der Waals surface area contributed by atoms with E-state index in [1.54, 1.807) is 49.4 Å². The van der Waals surface area contributed by atoms with Crippen LogP contribution in [0.25, 0.3) is 0 Å². The fourth-order valence-electron chi connectivity index (χ4n) is 3.49. The molecular weight excluding hydrogens is 388 g/mol. The zero-order valence-corrected chi connectivity index (χ0v) is 16.1. The minimum atomic E-state index is -1.20. The van der Waals surface area contributed by atoms with Crippen molar-refractivity contribution in [3.8, 4) is 17.6 Å². The van der Waals surface area contributed by atoms with Crippen LogP contribution in [0.3, 0.4) is 0 Å². The zero-order valence-electron chi connectivity index (χ0n) is 16.1. The molecule has 4 amide bonds. The highest BCUT2D eigenvalue weighted by Gasteiger charge is 2.48. The van der Waals surface area contributed by atoms with Gasteiger partial charge >= 0.3 is 6.03 Å². The van der Waals surface area contributed by atoms with Crippen LogP contribution in [0.4, 0.5) is 10.5 Å². The Morgan fingerprint density at radius 2 is 2.00 bits per heavy atom. The number of hydrogen-bond donors (Lipinski definition) is 2. The monoisotopic (exact) mass is 406 g/mol. The Kier molecular flexibility index (Phi) is 4.75. The second-order valence-corrected chi connectivity index (χ2v) is 7.22. The summed E-state index contributed by atoms with van der Waals surface area (Å²) in [6.45, 7) is 1.30. The van der Waals surface area contributed by atoms with Crippen LogP contribution in [0.15, 0.2) is 42.5 Å². The summed E-state index contributed by atoms with van der Waals surface area (Å²) in [5.41, 5.74) is 0.191. The van der Waals surface area contributed by atoms with Crippen LogP contribution >= 0.6 is 0 Å². The third-order valence-electron chi connectivity index (χ3n) is 4.96. The number of nitrogens with one attached hydrogen (secondary N) is 2. The first kappa shape index (κ1) is 19.3. The lowest BCUT2D eigenvalue weighted by Crippen LogP contribution is -2.46. The average Bonchev–Trinajstić information content (AvgIpc) is 3.26. The molecule has 1 saturated heterocycles. The van der Waals surface area contributed by atoms with Gasteiger partial charge in [-0.3, -0.25) is 14.5 Å². The van der Waals surface area contributed by atoms with Crippen molar-refractivity contribution >= 4 is 23.5 Å². The summed E-state index contributed by atoms with van der Waals surface area (Å²) in [6, 6.07) is 13.1. The maximum Gasteiger partial charge on any atom is 0.325 e. The number of carbonyl (C=O) groups is 3. The van der Waals surface area contributed by atoms with Gasteiger partial charge in [-0.05, 0) is 36.8 Å². The lowest BCUT2D eigenvalue weighted by atomic mass is 9.92. The van der Waals surface area contributed by atoms with E-state index in [4.69, 9.17) is 14.7 Å². The minimum absolute atomic E-state index is 0.142. The Labute approximate surface area is 172 Å². The van der Waals surface area contributed by atoms with E-state index in [-0.39, 0.29) is 18.8 Å². The number of benzene rings is 2. The molecule has 2 heterocycles. The van der Waals surface area contributed by atoms with Gasteiger partial charge in [0, 0.05) is 6.42 Å². The second kappa shape index (κ2) is 7.40. The maximum absolute atomic E-state index is 12.9. The number of carbonyl (C=O) groups excluding carboxylic acids is 3. The smallest absolute Gasteiger partial charge is 0.325 e. The van der Waals surface area contributed by atoms with Gasteiger partial charge in [0.25, 0.3) is 5.91 Å². The van der Waals surface area contributed by atoms with Gasteiger partial charge in [0.1, 0.15) is 18.2 Å². The molecule has 0 aromatic heterocycles. The molecule has 1 fully saturated rings. The van der Waals surface area contributed by atoms with Gasteiger partial charge < -0.3 is 20.1 Å². The molecule has 2 aromatic rings. The Bertz CT molecular complexity index is 1090. The van der Waals surface area contributed by atoms with Gasteiger partial charge in [-0.1, -0.05) is 18.2 Å². The number of hydrogen-bond acceptors (Lipinski definition) is 6. The Morgan fingerprint density at radius 1 is 1.23 bits per heavy atom. The molecule has 0 radical (unpaired) electrons. The minimum Gasteiger partial charge on any atom is -0.454 e. The number of ether oxygens (including phenoxy) is 2.